The van der Waals surface area contributed by atoms with E-state index in [1.807, 2.05) is 24.0 Å². The van der Waals surface area contributed by atoms with E-state index in [4.69, 9.17) is 14.5 Å². The quantitative estimate of drug-likeness (QED) is 0.642. The fraction of sp³-hybridized carbons (Fsp3) is 0.364. The van der Waals surface area contributed by atoms with Gasteiger partial charge in [0.05, 0.1) is 31.0 Å². The topological polar surface area (TPSA) is 54.9 Å². The number of ether oxygens (including phenoxy) is 2. The first-order chi connectivity index (χ1) is 14.1. The van der Waals surface area contributed by atoms with Crippen LogP contribution in [0.5, 0.6) is 11.5 Å². The fourth-order valence-corrected chi connectivity index (χ4v) is 4.69. The molecular weight excluding hydrogens is 386 g/mol. The van der Waals surface area contributed by atoms with Crippen LogP contribution in [0.25, 0.3) is 10.2 Å². The van der Waals surface area contributed by atoms with Gasteiger partial charge in [0.1, 0.15) is 16.5 Å². The van der Waals surface area contributed by atoms with Crippen LogP contribution in [-0.4, -0.2) is 61.1 Å². The summed E-state index contributed by atoms with van der Waals surface area (Å²) in [5, 5.41) is 1.12. The lowest BCUT2D eigenvalue weighted by molar-refractivity contribution is 0.0627. The van der Waals surface area contributed by atoms with Crippen LogP contribution in [0.4, 0.5) is 0 Å². The molecule has 7 heteroatoms. The summed E-state index contributed by atoms with van der Waals surface area (Å²) >= 11 is 1.74. The maximum atomic E-state index is 13.0. The SMILES string of the molecule is COc1cc(C(=O)N2CCN(Cc3nc4ccccc4s3)CC2)cc(OC)c1C. The third-order valence-electron chi connectivity index (χ3n) is 5.36. The molecule has 0 saturated carbocycles. The summed E-state index contributed by atoms with van der Waals surface area (Å²) in [4.78, 5) is 22.0. The normalized spacial score (nSPS) is 14.9. The zero-order valence-electron chi connectivity index (χ0n) is 17.0. The number of rotatable bonds is 5. The molecule has 1 amide bonds. The Bertz CT molecular complexity index is 967. The molecule has 1 aliphatic heterocycles. The molecule has 152 valence electrons. The summed E-state index contributed by atoms with van der Waals surface area (Å²) in [5.74, 6) is 1.35. The lowest BCUT2D eigenvalue weighted by atomic mass is 10.1. The standard InChI is InChI=1S/C22H25N3O3S/c1-15-18(27-2)12-16(13-19(15)28-3)22(26)25-10-8-24(9-11-25)14-21-23-17-6-4-5-7-20(17)29-21/h4-7,12-13H,8-11,14H2,1-3H3. The number of nitrogens with zero attached hydrogens (tertiary/aromatic N) is 3. The predicted molar refractivity (Wildman–Crippen MR) is 115 cm³/mol. The van der Waals surface area contributed by atoms with Gasteiger partial charge in [-0.15, -0.1) is 11.3 Å². The lowest BCUT2D eigenvalue weighted by Gasteiger charge is -2.34. The van der Waals surface area contributed by atoms with Crippen LogP contribution in [0.1, 0.15) is 20.9 Å². The molecule has 0 atom stereocenters. The van der Waals surface area contributed by atoms with Crippen molar-refractivity contribution in [3.05, 3.63) is 52.5 Å². The average molecular weight is 412 g/mol. The Labute approximate surface area is 174 Å². The summed E-state index contributed by atoms with van der Waals surface area (Å²) in [5.41, 5.74) is 2.56. The van der Waals surface area contributed by atoms with Crippen LogP contribution in [0.3, 0.4) is 0 Å². The highest BCUT2D eigenvalue weighted by Gasteiger charge is 2.24. The van der Waals surface area contributed by atoms with Crippen LogP contribution in [0.15, 0.2) is 36.4 Å². The third-order valence-corrected chi connectivity index (χ3v) is 6.38. The highest BCUT2D eigenvalue weighted by Crippen LogP contribution is 2.30. The molecule has 0 bridgehead atoms. The first kappa shape index (κ1) is 19.7. The van der Waals surface area contributed by atoms with E-state index in [0.717, 1.165) is 35.7 Å². The Hall–Kier alpha value is -2.64. The van der Waals surface area contributed by atoms with Crippen molar-refractivity contribution in [1.82, 2.24) is 14.8 Å². The van der Waals surface area contributed by atoms with Gasteiger partial charge in [0.2, 0.25) is 0 Å². The van der Waals surface area contributed by atoms with Gasteiger partial charge in [-0.05, 0) is 31.2 Å². The van der Waals surface area contributed by atoms with Crippen molar-refractivity contribution >= 4 is 27.5 Å². The lowest BCUT2D eigenvalue weighted by Crippen LogP contribution is -2.48. The van der Waals surface area contributed by atoms with Crippen molar-refractivity contribution in [3.8, 4) is 11.5 Å². The molecule has 2 aromatic carbocycles. The molecule has 1 fully saturated rings. The van der Waals surface area contributed by atoms with Gasteiger partial charge in [0, 0.05) is 37.3 Å². The molecule has 1 aliphatic rings. The molecule has 29 heavy (non-hydrogen) atoms. The second kappa shape index (κ2) is 8.39. The highest BCUT2D eigenvalue weighted by atomic mass is 32.1. The maximum absolute atomic E-state index is 13.0. The summed E-state index contributed by atoms with van der Waals surface area (Å²) < 4.78 is 12.0. The Balaban J connectivity index is 1.40. The number of aromatic nitrogens is 1. The number of fused-ring (bicyclic) bond motifs is 1. The Morgan fingerprint density at radius 2 is 1.72 bits per heavy atom. The second-order valence-corrected chi connectivity index (χ2v) is 8.26. The summed E-state index contributed by atoms with van der Waals surface area (Å²) in [6, 6.07) is 11.8. The molecule has 0 radical (unpaired) electrons. The molecule has 0 N–H and O–H groups in total. The molecule has 0 aliphatic carbocycles. The molecule has 0 spiro atoms. The number of para-hydroxylation sites is 1. The van der Waals surface area contributed by atoms with E-state index >= 15 is 0 Å². The van der Waals surface area contributed by atoms with E-state index < -0.39 is 0 Å². The second-order valence-electron chi connectivity index (χ2n) is 7.15. The van der Waals surface area contributed by atoms with E-state index in [9.17, 15) is 4.79 Å². The van der Waals surface area contributed by atoms with Gasteiger partial charge in [0.15, 0.2) is 0 Å². The number of hydrogen-bond donors (Lipinski definition) is 0. The van der Waals surface area contributed by atoms with Crippen molar-refractivity contribution in [2.24, 2.45) is 0 Å². The van der Waals surface area contributed by atoms with Gasteiger partial charge in [-0.1, -0.05) is 12.1 Å². The average Bonchev–Trinajstić information content (AvgIpc) is 3.16. The van der Waals surface area contributed by atoms with Crippen LogP contribution in [-0.2, 0) is 6.54 Å². The molecular formula is C22H25N3O3S. The van der Waals surface area contributed by atoms with Crippen molar-refractivity contribution in [2.75, 3.05) is 40.4 Å². The van der Waals surface area contributed by atoms with Crippen LogP contribution < -0.4 is 9.47 Å². The monoisotopic (exact) mass is 411 g/mol. The van der Waals surface area contributed by atoms with Gasteiger partial charge < -0.3 is 14.4 Å². The summed E-state index contributed by atoms with van der Waals surface area (Å²) in [7, 11) is 3.22. The van der Waals surface area contributed by atoms with Gasteiger partial charge >= 0.3 is 0 Å². The summed E-state index contributed by atoms with van der Waals surface area (Å²) in [6.07, 6.45) is 0. The van der Waals surface area contributed by atoms with E-state index in [0.29, 0.717) is 30.2 Å². The molecule has 1 aromatic heterocycles. The van der Waals surface area contributed by atoms with Crippen molar-refractivity contribution < 1.29 is 14.3 Å². The zero-order chi connectivity index (χ0) is 20.4. The number of amides is 1. The van der Waals surface area contributed by atoms with Crippen LogP contribution in [0, 0.1) is 6.92 Å². The molecule has 4 rings (SSSR count). The summed E-state index contributed by atoms with van der Waals surface area (Å²) in [6.45, 7) is 5.81. The fourth-order valence-electron chi connectivity index (χ4n) is 3.68. The van der Waals surface area contributed by atoms with E-state index in [1.54, 1.807) is 37.7 Å². The molecule has 1 saturated heterocycles. The number of hydrogen-bond acceptors (Lipinski definition) is 6. The molecule has 6 nitrogen and oxygen atoms in total. The zero-order valence-corrected chi connectivity index (χ0v) is 17.8. The van der Waals surface area contributed by atoms with Crippen molar-refractivity contribution in [1.29, 1.82) is 0 Å². The predicted octanol–water partition coefficient (Wildman–Crippen LogP) is 3.58. The molecule has 3 aromatic rings. The first-order valence-electron chi connectivity index (χ1n) is 9.67. The van der Waals surface area contributed by atoms with Crippen molar-refractivity contribution in [3.63, 3.8) is 0 Å². The smallest absolute Gasteiger partial charge is 0.254 e. The number of methoxy groups -OCH3 is 2. The molecule has 2 heterocycles. The van der Waals surface area contributed by atoms with Crippen LogP contribution in [0.2, 0.25) is 0 Å². The minimum absolute atomic E-state index is 0.0150. The number of thiazole rings is 1. The van der Waals surface area contributed by atoms with E-state index in [2.05, 4.69) is 17.0 Å². The first-order valence-corrected chi connectivity index (χ1v) is 10.5. The minimum Gasteiger partial charge on any atom is -0.496 e. The van der Waals surface area contributed by atoms with Gasteiger partial charge in [0.25, 0.3) is 5.91 Å². The minimum atomic E-state index is 0.0150. The van der Waals surface area contributed by atoms with E-state index in [-0.39, 0.29) is 5.91 Å². The van der Waals surface area contributed by atoms with Crippen LogP contribution >= 0.6 is 11.3 Å². The van der Waals surface area contributed by atoms with Gasteiger partial charge in [-0.2, -0.15) is 0 Å². The Morgan fingerprint density at radius 3 is 2.34 bits per heavy atom. The number of benzene rings is 2. The number of carbonyl (C=O) groups excluding carboxylic acids is 1. The Morgan fingerprint density at radius 1 is 1.07 bits per heavy atom. The maximum Gasteiger partial charge on any atom is 0.254 e. The van der Waals surface area contributed by atoms with Gasteiger partial charge in [-0.3, -0.25) is 9.69 Å². The van der Waals surface area contributed by atoms with Crippen molar-refractivity contribution in [2.45, 2.75) is 13.5 Å². The number of piperazine rings is 1. The highest BCUT2D eigenvalue weighted by molar-refractivity contribution is 7.18. The largest absolute Gasteiger partial charge is 0.496 e. The Kier molecular flexibility index (Phi) is 5.69. The number of carbonyl (C=O) groups is 1. The molecule has 0 unspecified atom stereocenters. The van der Waals surface area contributed by atoms with E-state index in [1.165, 1.54) is 4.70 Å². The third kappa shape index (κ3) is 4.06. The van der Waals surface area contributed by atoms with Gasteiger partial charge in [-0.25, -0.2) is 4.98 Å².